The lowest BCUT2D eigenvalue weighted by molar-refractivity contribution is -0.134. The smallest absolute Gasteiger partial charge is 0.240 e. The summed E-state index contributed by atoms with van der Waals surface area (Å²) >= 11 is 0. The SMILES string of the molecule is CCN(Cc1noc(CC(C)C)n1)C(=O)[C@H]1Cc2ccccc2CN1. The number of amides is 1. The second-order valence-electron chi connectivity index (χ2n) is 6.96. The Labute approximate surface area is 148 Å². The Hall–Kier alpha value is -2.21. The van der Waals surface area contributed by atoms with Gasteiger partial charge in [-0.25, -0.2) is 0 Å². The molecule has 0 radical (unpaired) electrons. The van der Waals surface area contributed by atoms with Gasteiger partial charge >= 0.3 is 0 Å². The van der Waals surface area contributed by atoms with Crippen molar-refractivity contribution in [3.63, 3.8) is 0 Å². The maximum atomic E-state index is 12.9. The van der Waals surface area contributed by atoms with Gasteiger partial charge < -0.3 is 14.7 Å². The van der Waals surface area contributed by atoms with Gasteiger partial charge in [0.2, 0.25) is 11.8 Å². The summed E-state index contributed by atoms with van der Waals surface area (Å²) in [6, 6.07) is 8.07. The third kappa shape index (κ3) is 4.25. The highest BCUT2D eigenvalue weighted by molar-refractivity contribution is 5.82. The van der Waals surface area contributed by atoms with E-state index in [1.54, 1.807) is 4.90 Å². The molecule has 0 bridgehead atoms. The molecule has 2 heterocycles. The van der Waals surface area contributed by atoms with Gasteiger partial charge in [-0.05, 0) is 30.4 Å². The van der Waals surface area contributed by atoms with Gasteiger partial charge in [-0.15, -0.1) is 0 Å². The van der Waals surface area contributed by atoms with Crippen LogP contribution in [0, 0.1) is 5.92 Å². The fourth-order valence-electron chi connectivity index (χ4n) is 3.15. The molecular weight excluding hydrogens is 316 g/mol. The van der Waals surface area contributed by atoms with Gasteiger partial charge in [0.1, 0.15) is 0 Å². The lowest BCUT2D eigenvalue weighted by Gasteiger charge is -2.30. The molecule has 1 aromatic heterocycles. The van der Waals surface area contributed by atoms with Crippen LogP contribution in [0.5, 0.6) is 0 Å². The Morgan fingerprint density at radius 2 is 2.12 bits per heavy atom. The van der Waals surface area contributed by atoms with E-state index >= 15 is 0 Å². The van der Waals surface area contributed by atoms with Crippen molar-refractivity contribution in [1.82, 2.24) is 20.4 Å². The average molecular weight is 342 g/mol. The van der Waals surface area contributed by atoms with Crippen LogP contribution in [0.3, 0.4) is 0 Å². The highest BCUT2D eigenvalue weighted by Gasteiger charge is 2.28. The molecule has 0 aliphatic carbocycles. The summed E-state index contributed by atoms with van der Waals surface area (Å²) in [4.78, 5) is 19.1. The number of hydrogen-bond acceptors (Lipinski definition) is 5. The van der Waals surface area contributed by atoms with E-state index in [1.165, 1.54) is 11.1 Å². The molecule has 0 spiro atoms. The van der Waals surface area contributed by atoms with Gasteiger partial charge in [-0.3, -0.25) is 4.79 Å². The van der Waals surface area contributed by atoms with Crippen LogP contribution in [-0.2, 0) is 30.7 Å². The third-order valence-corrected chi connectivity index (χ3v) is 4.50. The van der Waals surface area contributed by atoms with E-state index in [2.05, 4.69) is 41.4 Å². The summed E-state index contributed by atoms with van der Waals surface area (Å²) in [5.74, 6) is 1.76. The number of carbonyl (C=O) groups excluding carboxylic acids is 1. The Morgan fingerprint density at radius 1 is 1.36 bits per heavy atom. The molecule has 1 atom stereocenters. The zero-order valence-corrected chi connectivity index (χ0v) is 15.2. The van der Waals surface area contributed by atoms with Crippen LogP contribution in [0.4, 0.5) is 0 Å². The molecule has 6 nitrogen and oxygen atoms in total. The van der Waals surface area contributed by atoms with E-state index in [0.29, 0.717) is 30.7 Å². The van der Waals surface area contributed by atoms with E-state index < -0.39 is 0 Å². The van der Waals surface area contributed by atoms with Gasteiger partial charge in [0.25, 0.3) is 0 Å². The molecule has 1 aliphatic rings. The number of carbonyl (C=O) groups is 1. The van der Waals surface area contributed by atoms with E-state index in [-0.39, 0.29) is 11.9 Å². The molecule has 1 amide bonds. The number of hydrogen-bond donors (Lipinski definition) is 1. The summed E-state index contributed by atoms with van der Waals surface area (Å²) in [5.41, 5.74) is 2.51. The number of nitrogens with one attached hydrogen (secondary N) is 1. The van der Waals surface area contributed by atoms with Crippen molar-refractivity contribution >= 4 is 5.91 Å². The number of nitrogens with zero attached hydrogens (tertiary/aromatic N) is 3. The van der Waals surface area contributed by atoms with Crippen molar-refractivity contribution in [2.75, 3.05) is 6.54 Å². The molecular formula is C19H26N4O2. The standard InChI is InChI=1S/C19H26N4O2/c1-4-23(12-17-21-18(25-22-17)9-13(2)3)19(24)16-10-14-7-5-6-8-15(14)11-20-16/h5-8,13,16,20H,4,9-12H2,1-3H3/t16-/m1/s1. The number of rotatable bonds is 6. The Balaban J connectivity index is 1.65. The molecule has 1 N–H and O–H groups in total. The maximum absolute atomic E-state index is 12.9. The van der Waals surface area contributed by atoms with Crippen molar-refractivity contribution in [3.8, 4) is 0 Å². The molecule has 0 saturated heterocycles. The topological polar surface area (TPSA) is 71.3 Å². The van der Waals surface area contributed by atoms with Gasteiger partial charge in [0, 0.05) is 19.5 Å². The van der Waals surface area contributed by atoms with Crippen LogP contribution >= 0.6 is 0 Å². The minimum atomic E-state index is -0.197. The summed E-state index contributed by atoms with van der Waals surface area (Å²) in [5, 5.41) is 7.37. The van der Waals surface area contributed by atoms with Crippen LogP contribution in [0.25, 0.3) is 0 Å². The van der Waals surface area contributed by atoms with Crippen molar-refractivity contribution in [2.45, 2.75) is 52.7 Å². The van der Waals surface area contributed by atoms with E-state index in [4.69, 9.17) is 4.52 Å². The number of likely N-dealkylation sites (N-methyl/N-ethyl adjacent to an activating group) is 1. The monoisotopic (exact) mass is 342 g/mol. The predicted molar refractivity (Wildman–Crippen MR) is 94.7 cm³/mol. The minimum Gasteiger partial charge on any atom is -0.339 e. The maximum Gasteiger partial charge on any atom is 0.240 e. The molecule has 25 heavy (non-hydrogen) atoms. The molecule has 3 rings (SSSR count). The second-order valence-corrected chi connectivity index (χ2v) is 6.96. The first kappa shape index (κ1) is 17.6. The van der Waals surface area contributed by atoms with Crippen molar-refractivity contribution in [2.24, 2.45) is 5.92 Å². The Morgan fingerprint density at radius 3 is 2.84 bits per heavy atom. The largest absolute Gasteiger partial charge is 0.339 e. The molecule has 0 fully saturated rings. The normalized spacial score (nSPS) is 16.7. The first-order chi connectivity index (χ1) is 12.1. The van der Waals surface area contributed by atoms with E-state index in [9.17, 15) is 4.79 Å². The lowest BCUT2D eigenvalue weighted by Crippen LogP contribution is -2.49. The molecule has 0 unspecified atom stereocenters. The Kier molecular flexibility index (Phi) is 5.48. The predicted octanol–water partition coefficient (Wildman–Crippen LogP) is 2.33. The Bertz CT molecular complexity index is 726. The van der Waals surface area contributed by atoms with Gasteiger partial charge in [-0.2, -0.15) is 4.98 Å². The zero-order chi connectivity index (χ0) is 17.8. The van der Waals surface area contributed by atoms with Crippen molar-refractivity contribution in [3.05, 3.63) is 47.1 Å². The van der Waals surface area contributed by atoms with Crippen LogP contribution < -0.4 is 5.32 Å². The zero-order valence-electron chi connectivity index (χ0n) is 15.2. The summed E-state index contributed by atoms with van der Waals surface area (Å²) in [7, 11) is 0. The molecule has 0 saturated carbocycles. The van der Waals surface area contributed by atoms with Crippen LogP contribution in [0.1, 0.15) is 43.6 Å². The molecule has 134 valence electrons. The fraction of sp³-hybridized carbons (Fsp3) is 0.526. The fourth-order valence-corrected chi connectivity index (χ4v) is 3.15. The first-order valence-corrected chi connectivity index (χ1v) is 8.97. The molecule has 2 aromatic rings. The van der Waals surface area contributed by atoms with Crippen LogP contribution in [-0.4, -0.2) is 33.5 Å². The van der Waals surface area contributed by atoms with E-state index in [1.807, 2.05) is 19.1 Å². The highest BCUT2D eigenvalue weighted by atomic mass is 16.5. The highest BCUT2D eigenvalue weighted by Crippen LogP contribution is 2.18. The number of benzene rings is 1. The average Bonchev–Trinajstić information content (AvgIpc) is 3.05. The third-order valence-electron chi connectivity index (χ3n) is 4.50. The summed E-state index contributed by atoms with van der Waals surface area (Å²) in [6.07, 6.45) is 1.48. The molecule has 6 heteroatoms. The molecule has 1 aromatic carbocycles. The van der Waals surface area contributed by atoms with Gasteiger partial charge in [0.15, 0.2) is 5.82 Å². The number of aromatic nitrogens is 2. The minimum absolute atomic E-state index is 0.0900. The van der Waals surface area contributed by atoms with Gasteiger partial charge in [-0.1, -0.05) is 43.3 Å². The second kappa shape index (κ2) is 7.78. The van der Waals surface area contributed by atoms with Crippen molar-refractivity contribution < 1.29 is 9.32 Å². The summed E-state index contributed by atoms with van der Waals surface area (Å²) in [6.45, 7) is 7.93. The van der Waals surface area contributed by atoms with E-state index in [0.717, 1.165) is 19.4 Å². The first-order valence-electron chi connectivity index (χ1n) is 8.97. The lowest BCUT2D eigenvalue weighted by atomic mass is 9.95. The van der Waals surface area contributed by atoms with Crippen molar-refractivity contribution in [1.29, 1.82) is 0 Å². The molecule has 1 aliphatic heterocycles. The quantitative estimate of drug-likeness (QED) is 0.872. The van der Waals surface area contributed by atoms with Gasteiger partial charge in [0.05, 0.1) is 12.6 Å². The number of fused-ring (bicyclic) bond motifs is 1. The van der Waals surface area contributed by atoms with Crippen LogP contribution in [0.15, 0.2) is 28.8 Å². The summed E-state index contributed by atoms with van der Waals surface area (Å²) < 4.78 is 5.28. The van der Waals surface area contributed by atoms with Crippen LogP contribution in [0.2, 0.25) is 0 Å².